The molecule has 1 nitrogen and oxygen atoms in total. The summed E-state index contributed by atoms with van der Waals surface area (Å²) in [4.78, 5) is 2.48. The van der Waals surface area contributed by atoms with E-state index < -0.39 is 0 Å². The molecule has 0 fully saturated rings. The summed E-state index contributed by atoms with van der Waals surface area (Å²) in [6.07, 6.45) is 0. The second-order valence-corrected chi connectivity index (χ2v) is 14.3. The van der Waals surface area contributed by atoms with Gasteiger partial charge in [0.25, 0.3) is 0 Å². The van der Waals surface area contributed by atoms with Gasteiger partial charge in [0.15, 0.2) is 0 Å². The topological polar surface area (TPSA) is 3.24 Å². The van der Waals surface area contributed by atoms with Crippen LogP contribution >= 0.6 is 11.3 Å². The van der Waals surface area contributed by atoms with Gasteiger partial charge in [-0.15, -0.1) is 11.3 Å². The first-order valence-corrected chi connectivity index (χ1v) is 18.6. The van der Waals surface area contributed by atoms with Crippen molar-refractivity contribution >= 4 is 70.1 Å². The van der Waals surface area contributed by atoms with Crippen LogP contribution in [0.4, 0.5) is 17.1 Å². The van der Waals surface area contributed by atoms with E-state index in [2.05, 4.69) is 205 Å². The molecule has 0 radical (unpaired) electrons. The molecule has 0 N–H and O–H groups in total. The van der Waals surface area contributed by atoms with Gasteiger partial charge in [0.05, 0.1) is 11.4 Å². The average molecular weight is 680 g/mol. The summed E-state index contributed by atoms with van der Waals surface area (Å²) in [6.45, 7) is 0. The molecule has 9 aromatic carbocycles. The number of fused-ring (bicyclic) bond motifs is 5. The second-order valence-electron chi connectivity index (χ2n) is 13.2. The van der Waals surface area contributed by atoms with Gasteiger partial charge in [-0.05, 0) is 85.8 Å². The Labute approximate surface area is 307 Å². The maximum absolute atomic E-state index is 2.48. The molecule has 10 rings (SSSR count). The van der Waals surface area contributed by atoms with Crippen LogP contribution in [-0.4, -0.2) is 0 Å². The molecule has 10 aromatic rings. The number of thiophene rings is 1. The highest BCUT2D eigenvalue weighted by Crippen LogP contribution is 2.49. The molecule has 0 aliphatic carbocycles. The van der Waals surface area contributed by atoms with E-state index in [9.17, 15) is 0 Å². The van der Waals surface area contributed by atoms with Crippen molar-refractivity contribution in [2.45, 2.75) is 0 Å². The summed E-state index contributed by atoms with van der Waals surface area (Å²) in [5.41, 5.74) is 10.7. The first kappa shape index (κ1) is 30.4. The monoisotopic (exact) mass is 679 g/mol. The minimum Gasteiger partial charge on any atom is -0.309 e. The zero-order valence-corrected chi connectivity index (χ0v) is 29.2. The zero-order chi connectivity index (χ0) is 34.4. The maximum atomic E-state index is 2.48. The lowest BCUT2D eigenvalue weighted by Crippen LogP contribution is -2.11. The summed E-state index contributed by atoms with van der Waals surface area (Å²) < 4.78 is 2.58. The van der Waals surface area contributed by atoms with Crippen molar-refractivity contribution in [2.75, 3.05) is 4.90 Å². The third-order valence-electron chi connectivity index (χ3n) is 10.3. The lowest BCUT2D eigenvalue weighted by atomic mass is 9.90. The highest BCUT2D eigenvalue weighted by atomic mass is 32.1. The molecule has 0 unspecified atom stereocenters. The summed E-state index contributed by atoms with van der Waals surface area (Å²) >= 11 is 1.86. The Balaban J connectivity index is 1.23. The van der Waals surface area contributed by atoms with Gasteiger partial charge in [-0.2, -0.15) is 0 Å². The standard InChI is InChI=1S/C50H33NS/c1-2-14-35(15-3-1)41-24-11-18-37-19-12-25-43(49(37)41)42-21-6-8-26-45(42)51(46-27-13-29-48-50(46)44-22-7-9-28-47(44)52-48)38-32-30-36(31-33-38)40-23-10-17-34-16-4-5-20-39(34)40/h1-33H. The van der Waals surface area contributed by atoms with Crippen LogP contribution in [0.1, 0.15) is 0 Å². The predicted molar refractivity (Wildman–Crippen MR) is 225 cm³/mol. The largest absolute Gasteiger partial charge is 0.309 e. The molecule has 0 atom stereocenters. The van der Waals surface area contributed by atoms with Gasteiger partial charge in [0.2, 0.25) is 0 Å². The Morgan fingerprint density at radius 1 is 0.308 bits per heavy atom. The average Bonchev–Trinajstić information content (AvgIpc) is 3.61. The SMILES string of the molecule is c1ccc(-c2cccc3cccc(-c4ccccc4N(c4ccc(-c5cccc6ccccc56)cc4)c4cccc5sc6ccccc6c45)c23)cc1. The van der Waals surface area contributed by atoms with Crippen LogP contribution in [0.15, 0.2) is 200 Å². The third-order valence-corrected chi connectivity index (χ3v) is 11.4. The van der Waals surface area contributed by atoms with E-state index in [1.165, 1.54) is 80.8 Å². The van der Waals surface area contributed by atoms with Crippen LogP contribution in [0.5, 0.6) is 0 Å². The molecule has 0 bridgehead atoms. The van der Waals surface area contributed by atoms with Crippen molar-refractivity contribution in [1.29, 1.82) is 0 Å². The van der Waals surface area contributed by atoms with Crippen LogP contribution < -0.4 is 4.90 Å². The van der Waals surface area contributed by atoms with E-state index in [1.54, 1.807) is 0 Å². The Morgan fingerprint density at radius 3 is 1.71 bits per heavy atom. The van der Waals surface area contributed by atoms with Gasteiger partial charge >= 0.3 is 0 Å². The molecule has 0 spiro atoms. The van der Waals surface area contributed by atoms with Crippen molar-refractivity contribution in [1.82, 2.24) is 0 Å². The minimum absolute atomic E-state index is 1.11. The fourth-order valence-electron chi connectivity index (χ4n) is 7.94. The van der Waals surface area contributed by atoms with E-state index in [4.69, 9.17) is 0 Å². The van der Waals surface area contributed by atoms with Crippen molar-refractivity contribution < 1.29 is 0 Å². The second kappa shape index (κ2) is 12.7. The number of anilines is 3. The summed E-state index contributed by atoms with van der Waals surface area (Å²) in [6, 6.07) is 73.0. The van der Waals surface area contributed by atoms with E-state index in [-0.39, 0.29) is 0 Å². The van der Waals surface area contributed by atoms with Gasteiger partial charge in [0.1, 0.15) is 0 Å². The minimum atomic E-state index is 1.11. The molecule has 0 amide bonds. The van der Waals surface area contributed by atoms with Crippen molar-refractivity contribution in [3.05, 3.63) is 200 Å². The van der Waals surface area contributed by atoms with Gasteiger partial charge in [-0.1, -0.05) is 164 Å². The quantitative estimate of drug-likeness (QED) is 0.169. The first-order chi connectivity index (χ1) is 25.8. The molecule has 0 aliphatic heterocycles. The number of hydrogen-bond donors (Lipinski definition) is 0. The van der Waals surface area contributed by atoms with Crippen molar-refractivity contribution in [3.8, 4) is 33.4 Å². The van der Waals surface area contributed by atoms with Crippen molar-refractivity contribution in [3.63, 3.8) is 0 Å². The Bertz CT molecular complexity index is 2890. The van der Waals surface area contributed by atoms with Crippen LogP contribution in [-0.2, 0) is 0 Å². The van der Waals surface area contributed by atoms with Crippen molar-refractivity contribution in [2.24, 2.45) is 0 Å². The van der Waals surface area contributed by atoms with E-state index in [0.717, 1.165) is 11.4 Å². The van der Waals surface area contributed by atoms with Crippen LogP contribution in [0, 0.1) is 0 Å². The fraction of sp³-hybridized carbons (Fsp3) is 0. The zero-order valence-electron chi connectivity index (χ0n) is 28.4. The fourth-order valence-corrected chi connectivity index (χ4v) is 9.06. The number of benzene rings is 9. The van der Waals surface area contributed by atoms with Gasteiger partial charge in [0, 0.05) is 31.4 Å². The van der Waals surface area contributed by atoms with Gasteiger partial charge in [-0.25, -0.2) is 0 Å². The lowest BCUT2D eigenvalue weighted by Gasteiger charge is -2.29. The van der Waals surface area contributed by atoms with Crippen LogP contribution in [0.2, 0.25) is 0 Å². The third kappa shape index (κ3) is 5.07. The van der Waals surface area contributed by atoms with Gasteiger partial charge in [-0.3, -0.25) is 0 Å². The summed E-state index contributed by atoms with van der Waals surface area (Å²) in [5, 5.41) is 7.56. The van der Waals surface area contributed by atoms with E-state index in [1.807, 2.05) is 11.3 Å². The summed E-state index contributed by atoms with van der Waals surface area (Å²) in [7, 11) is 0. The van der Waals surface area contributed by atoms with Gasteiger partial charge < -0.3 is 4.90 Å². The summed E-state index contributed by atoms with van der Waals surface area (Å²) in [5.74, 6) is 0. The highest BCUT2D eigenvalue weighted by Gasteiger charge is 2.22. The molecule has 2 heteroatoms. The number of para-hydroxylation sites is 1. The molecular formula is C50H33NS. The van der Waals surface area contributed by atoms with E-state index in [0.29, 0.717) is 0 Å². The van der Waals surface area contributed by atoms with E-state index >= 15 is 0 Å². The lowest BCUT2D eigenvalue weighted by molar-refractivity contribution is 1.30. The molecule has 0 saturated carbocycles. The smallest absolute Gasteiger partial charge is 0.0555 e. The van der Waals surface area contributed by atoms with Crippen LogP contribution in [0.25, 0.3) is 75.1 Å². The molecule has 0 aliphatic rings. The predicted octanol–water partition coefficient (Wildman–Crippen LogP) is 14.8. The normalized spacial score (nSPS) is 11.5. The molecule has 244 valence electrons. The molecule has 1 heterocycles. The number of nitrogens with zero attached hydrogens (tertiary/aromatic N) is 1. The molecule has 0 saturated heterocycles. The molecule has 1 aromatic heterocycles. The first-order valence-electron chi connectivity index (χ1n) is 17.8. The highest BCUT2D eigenvalue weighted by molar-refractivity contribution is 7.26. The maximum Gasteiger partial charge on any atom is 0.0555 e. The Morgan fingerprint density at radius 2 is 0.865 bits per heavy atom. The number of rotatable bonds is 6. The Hall–Kier alpha value is -6.48. The Kier molecular flexibility index (Phi) is 7.41. The molecular weight excluding hydrogens is 647 g/mol. The van der Waals surface area contributed by atoms with Crippen LogP contribution in [0.3, 0.4) is 0 Å². The number of hydrogen-bond acceptors (Lipinski definition) is 2. The molecule has 52 heavy (non-hydrogen) atoms.